The lowest BCUT2D eigenvalue weighted by atomic mass is 10.0. The van der Waals surface area contributed by atoms with Gasteiger partial charge in [0.25, 0.3) is 5.91 Å². The number of carbonyl (C=O) groups excluding carboxylic acids is 1. The molecule has 0 saturated carbocycles. The number of hydrogen-bond donors (Lipinski definition) is 2. The van der Waals surface area contributed by atoms with Crippen LogP contribution in [0.3, 0.4) is 0 Å². The molecule has 1 aromatic heterocycles. The van der Waals surface area contributed by atoms with Gasteiger partial charge in [0.2, 0.25) is 0 Å². The zero-order valence-electron chi connectivity index (χ0n) is 14.9. The van der Waals surface area contributed by atoms with Crippen LogP contribution in [0.5, 0.6) is 11.5 Å². The van der Waals surface area contributed by atoms with E-state index in [-0.39, 0.29) is 30.2 Å². The number of carbonyl (C=O) groups is 2. The quantitative estimate of drug-likeness (QED) is 0.823. The summed E-state index contributed by atoms with van der Waals surface area (Å²) in [6, 6.07) is 7.02. The second-order valence-electron chi connectivity index (χ2n) is 6.84. The highest BCUT2D eigenvalue weighted by molar-refractivity contribution is 5.88. The van der Waals surface area contributed by atoms with Crippen molar-refractivity contribution in [2.75, 3.05) is 6.61 Å². The van der Waals surface area contributed by atoms with Crippen LogP contribution in [0.2, 0.25) is 0 Å². The number of aromatic carboxylic acids is 1. The Morgan fingerprint density at radius 3 is 2.81 bits per heavy atom. The van der Waals surface area contributed by atoms with Crippen LogP contribution in [0.15, 0.2) is 28.7 Å². The first-order chi connectivity index (χ1) is 12.2. The summed E-state index contributed by atoms with van der Waals surface area (Å²) in [5.74, 6) is 0.485. The number of para-hydroxylation sites is 1. The molecule has 1 amide bonds. The molecule has 7 nitrogen and oxygen atoms in total. The third-order valence-corrected chi connectivity index (χ3v) is 4.07. The summed E-state index contributed by atoms with van der Waals surface area (Å²) in [4.78, 5) is 23.0. The summed E-state index contributed by atoms with van der Waals surface area (Å²) in [7, 11) is 0. The van der Waals surface area contributed by atoms with Gasteiger partial charge in [0, 0.05) is 12.0 Å². The molecule has 0 bridgehead atoms. The van der Waals surface area contributed by atoms with E-state index in [0.29, 0.717) is 23.0 Å². The van der Waals surface area contributed by atoms with E-state index in [1.54, 1.807) is 13.0 Å². The van der Waals surface area contributed by atoms with Crippen LogP contribution in [-0.2, 0) is 17.8 Å². The van der Waals surface area contributed by atoms with Gasteiger partial charge in [0.05, 0.1) is 6.54 Å². The minimum absolute atomic E-state index is 0.0881. The van der Waals surface area contributed by atoms with Gasteiger partial charge in [-0.1, -0.05) is 12.1 Å². The van der Waals surface area contributed by atoms with Crippen molar-refractivity contribution in [2.45, 2.75) is 39.3 Å². The maximum absolute atomic E-state index is 12.0. The summed E-state index contributed by atoms with van der Waals surface area (Å²) in [6.07, 6.45) is 0.787. The van der Waals surface area contributed by atoms with E-state index in [0.717, 1.165) is 12.0 Å². The van der Waals surface area contributed by atoms with E-state index < -0.39 is 5.97 Å². The molecule has 0 unspecified atom stereocenters. The molecule has 1 aliphatic heterocycles. The van der Waals surface area contributed by atoms with E-state index in [9.17, 15) is 9.59 Å². The smallest absolute Gasteiger partial charge is 0.339 e. The first kappa shape index (κ1) is 17.8. The molecule has 138 valence electrons. The van der Waals surface area contributed by atoms with Crippen molar-refractivity contribution in [3.63, 3.8) is 0 Å². The van der Waals surface area contributed by atoms with Crippen LogP contribution in [0, 0.1) is 6.92 Å². The van der Waals surface area contributed by atoms with Gasteiger partial charge < -0.3 is 24.3 Å². The Labute approximate surface area is 150 Å². The number of carboxylic acids is 1. The number of hydrogen-bond acceptors (Lipinski definition) is 5. The molecule has 0 saturated heterocycles. The number of aryl methyl sites for hydroxylation is 1. The zero-order valence-corrected chi connectivity index (χ0v) is 14.9. The molecular formula is C19H21NO6. The number of benzene rings is 1. The fourth-order valence-corrected chi connectivity index (χ4v) is 2.92. The van der Waals surface area contributed by atoms with Gasteiger partial charge in [-0.15, -0.1) is 0 Å². The van der Waals surface area contributed by atoms with E-state index >= 15 is 0 Å². The van der Waals surface area contributed by atoms with Gasteiger partial charge in [0.1, 0.15) is 22.7 Å². The van der Waals surface area contributed by atoms with Gasteiger partial charge in [-0.3, -0.25) is 4.79 Å². The van der Waals surface area contributed by atoms with Crippen molar-refractivity contribution < 1.29 is 28.6 Å². The number of amides is 1. The van der Waals surface area contributed by atoms with Crippen molar-refractivity contribution in [1.29, 1.82) is 0 Å². The monoisotopic (exact) mass is 359 g/mol. The standard InChI is InChI=1S/C19H21NO6/c1-11-14(18(22)23)7-13(25-11)9-20-16(21)10-24-15-6-4-5-12-8-19(2,3)26-17(12)15/h4-7H,8-10H2,1-3H3,(H,20,21)(H,22,23). The largest absolute Gasteiger partial charge is 0.483 e. The number of furan rings is 1. The molecule has 26 heavy (non-hydrogen) atoms. The highest BCUT2D eigenvalue weighted by Crippen LogP contribution is 2.41. The molecule has 2 heterocycles. The van der Waals surface area contributed by atoms with Crippen LogP contribution in [0.25, 0.3) is 0 Å². The van der Waals surface area contributed by atoms with Crippen LogP contribution in [0.1, 0.15) is 41.3 Å². The Balaban J connectivity index is 1.55. The van der Waals surface area contributed by atoms with Crippen molar-refractivity contribution in [3.8, 4) is 11.5 Å². The molecule has 0 atom stereocenters. The number of nitrogens with one attached hydrogen (secondary N) is 1. The van der Waals surface area contributed by atoms with Crippen molar-refractivity contribution in [3.05, 3.63) is 46.9 Å². The van der Waals surface area contributed by atoms with Crippen molar-refractivity contribution >= 4 is 11.9 Å². The number of fused-ring (bicyclic) bond motifs is 1. The third-order valence-electron chi connectivity index (χ3n) is 4.07. The molecule has 0 spiro atoms. The summed E-state index contributed by atoms with van der Waals surface area (Å²) in [6.45, 7) is 5.48. The molecule has 1 aliphatic rings. The highest BCUT2D eigenvalue weighted by Gasteiger charge is 2.32. The lowest BCUT2D eigenvalue weighted by Crippen LogP contribution is -2.28. The van der Waals surface area contributed by atoms with E-state index in [1.807, 2.05) is 26.0 Å². The lowest BCUT2D eigenvalue weighted by Gasteiger charge is -2.18. The molecule has 1 aromatic carbocycles. The van der Waals surface area contributed by atoms with Crippen molar-refractivity contribution in [1.82, 2.24) is 5.32 Å². The summed E-state index contributed by atoms with van der Waals surface area (Å²) in [5.41, 5.74) is 0.855. The van der Waals surface area contributed by atoms with Gasteiger partial charge in [-0.05, 0) is 32.9 Å². The predicted molar refractivity (Wildman–Crippen MR) is 92.6 cm³/mol. The normalized spacial score (nSPS) is 14.4. The second kappa shape index (κ2) is 6.74. The van der Waals surface area contributed by atoms with Crippen LogP contribution < -0.4 is 14.8 Å². The van der Waals surface area contributed by atoms with E-state index in [4.69, 9.17) is 19.0 Å². The Kier molecular flexibility index (Phi) is 4.63. The van der Waals surface area contributed by atoms with Crippen LogP contribution in [0.4, 0.5) is 0 Å². The molecular weight excluding hydrogens is 338 g/mol. The first-order valence-corrected chi connectivity index (χ1v) is 8.28. The molecule has 2 N–H and O–H groups in total. The fraction of sp³-hybridized carbons (Fsp3) is 0.368. The molecule has 3 rings (SSSR count). The summed E-state index contributed by atoms with van der Waals surface area (Å²) >= 11 is 0. The minimum atomic E-state index is -1.06. The van der Waals surface area contributed by atoms with Crippen LogP contribution in [-0.4, -0.2) is 29.2 Å². The van der Waals surface area contributed by atoms with E-state index in [1.165, 1.54) is 6.07 Å². The van der Waals surface area contributed by atoms with Crippen LogP contribution >= 0.6 is 0 Å². The van der Waals surface area contributed by atoms with Gasteiger partial charge in [-0.2, -0.15) is 0 Å². The SMILES string of the molecule is Cc1oc(CNC(=O)COc2cccc3c2OC(C)(C)C3)cc1C(=O)O. The number of ether oxygens (including phenoxy) is 2. The number of carboxylic acid groups (broad SMARTS) is 1. The first-order valence-electron chi connectivity index (χ1n) is 8.28. The molecule has 0 aliphatic carbocycles. The fourth-order valence-electron chi connectivity index (χ4n) is 2.92. The summed E-state index contributed by atoms with van der Waals surface area (Å²) in [5, 5.41) is 11.6. The average Bonchev–Trinajstić information content (AvgIpc) is 3.09. The maximum Gasteiger partial charge on any atom is 0.339 e. The number of rotatable bonds is 6. The second-order valence-corrected chi connectivity index (χ2v) is 6.84. The Morgan fingerprint density at radius 2 is 2.12 bits per heavy atom. The Morgan fingerprint density at radius 1 is 1.35 bits per heavy atom. The van der Waals surface area contributed by atoms with Gasteiger partial charge in [-0.25, -0.2) is 4.79 Å². The minimum Gasteiger partial charge on any atom is -0.483 e. The Hall–Kier alpha value is -2.96. The summed E-state index contributed by atoms with van der Waals surface area (Å²) < 4.78 is 16.8. The van der Waals surface area contributed by atoms with E-state index in [2.05, 4.69) is 5.32 Å². The molecule has 0 fully saturated rings. The van der Waals surface area contributed by atoms with Crippen molar-refractivity contribution in [2.24, 2.45) is 0 Å². The third kappa shape index (κ3) is 3.82. The molecule has 0 radical (unpaired) electrons. The highest BCUT2D eigenvalue weighted by atomic mass is 16.5. The lowest BCUT2D eigenvalue weighted by molar-refractivity contribution is -0.123. The molecule has 7 heteroatoms. The molecule has 2 aromatic rings. The topological polar surface area (TPSA) is 98.0 Å². The van der Waals surface area contributed by atoms with Gasteiger partial charge in [0.15, 0.2) is 18.1 Å². The average molecular weight is 359 g/mol. The Bertz CT molecular complexity index is 852. The van der Waals surface area contributed by atoms with Gasteiger partial charge >= 0.3 is 5.97 Å². The predicted octanol–water partition coefficient (Wildman–Crippen LogP) is 2.69. The maximum atomic E-state index is 12.0. The zero-order chi connectivity index (χ0) is 18.9.